The number of nitrogen functional groups attached to an aromatic ring is 1. The number of aliphatic hydroxyl groups excluding tert-OH is 1. The molecule has 0 saturated carbocycles. The van der Waals surface area contributed by atoms with Gasteiger partial charge in [-0.3, -0.25) is 4.79 Å². The van der Waals surface area contributed by atoms with Crippen LogP contribution in [0, 0.1) is 0 Å². The highest BCUT2D eigenvalue weighted by molar-refractivity contribution is 6.34. The number of carboxylic acids is 1. The number of aliphatic hydroxyl groups is 1. The highest BCUT2D eigenvalue weighted by atomic mass is 35.5. The lowest BCUT2D eigenvalue weighted by Crippen LogP contribution is -2.17. The van der Waals surface area contributed by atoms with Crippen LogP contribution in [0.3, 0.4) is 0 Å². The Hall–Kier alpha value is -1.59. The molecule has 0 aromatic heterocycles. The summed E-state index contributed by atoms with van der Waals surface area (Å²) >= 11 is 5.65. The van der Waals surface area contributed by atoms with Gasteiger partial charge in [-0.05, 0) is 13.0 Å². The Kier molecular flexibility index (Phi) is 4.09. The van der Waals surface area contributed by atoms with Gasteiger partial charge in [0.1, 0.15) is 0 Å². The average Bonchev–Trinajstić information content (AvgIpc) is 2.27. The van der Waals surface area contributed by atoms with Crippen LogP contribution in [0.4, 0.5) is 5.69 Å². The van der Waals surface area contributed by atoms with Crippen molar-refractivity contribution >= 4 is 29.0 Å². The molecule has 0 bridgehead atoms. The smallest absolute Gasteiger partial charge is 0.337 e. The van der Waals surface area contributed by atoms with Crippen LogP contribution in [0.2, 0.25) is 0 Å². The third kappa shape index (κ3) is 2.75. The van der Waals surface area contributed by atoms with Crippen LogP contribution in [0.5, 0.6) is 0 Å². The second-order valence-corrected chi connectivity index (χ2v) is 4.18. The van der Waals surface area contributed by atoms with Gasteiger partial charge in [-0.15, -0.1) is 11.6 Å². The molecule has 1 aromatic rings. The number of rotatable bonds is 4. The van der Waals surface area contributed by atoms with Gasteiger partial charge in [0.15, 0.2) is 11.9 Å². The number of carbonyl (C=O) groups excluding carboxylic acids is 1. The molecule has 0 saturated heterocycles. The molecule has 2 atom stereocenters. The molecule has 4 N–H and O–H groups in total. The molecule has 6 heteroatoms. The molecule has 0 amide bonds. The van der Waals surface area contributed by atoms with E-state index in [0.717, 1.165) is 0 Å². The van der Waals surface area contributed by atoms with Crippen LogP contribution in [0.1, 0.15) is 28.9 Å². The fraction of sp³-hybridized carbons (Fsp3) is 0.273. The van der Waals surface area contributed by atoms with E-state index < -0.39 is 23.2 Å². The van der Waals surface area contributed by atoms with Crippen molar-refractivity contribution in [3.05, 3.63) is 29.3 Å². The molecular weight excluding hydrogens is 246 g/mol. The van der Waals surface area contributed by atoms with Crippen LogP contribution in [0.15, 0.2) is 18.2 Å². The number of para-hydroxylation sites is 1. The van der Waals surface area contributed by atoms with Crippen molar-refractivity contribution in [3.8, 4) is 0 Å². The van der Waals surface area contributed by atoms with Crippen LogP contribution >= 0.6 is 11.6 Å². The molecule has 1 aromatic carbocycles. The number of Topliss-reactive ketones (excluding diaryl/α,β-unsaturated/α-hetero) is 1. The van der Waals surface area contributed by atoms with Gasteiger partial charge in [0, 0.05) is 16.8 Å². The first-order valence-corrected chi connectivity index (χ1v) is 5.27. The quantitative estimate of drug-likeness (QED) is 0.427. The summed E-state index contributed by atoms with van der Waals surface area (Å²) in [6.45, 7) is 1.49. The van der Waals surface area contributed by atoms with Crippen molar-refractivity contribution in [2.24, 2.45) is 0 Å². The Bertz CT molecular complexity index is 459. The normalized spacial score (nSPS) is 14.1. The highest BCUT2D eigenvalue weighted by Crippen LogP contribution is 2.25. The summed E-state index contributed by atoms with van der Waals surface area (Å²) in [5.74, 6) is -1.84. The van der Waals surface area contributed by atoms with E-state index in [-0.39, 0.29) is 16.8 Å². The zero-order chi connectivity index (χ0) is 13.2. The van der Waals surface area contributed by atoms with Crippen molar-refractivity contribution in [1.29, 1.82) is 0 Å². The number of benzene rings is 1. The van der Waals surface area contributed by atoms with Crippen molar-refractivity contribution < 1.29 is 19.8 Å². The van der Waals surface area contributed by atoms with Gasteiger partial charge >= 0.3 is 5.97 Å². The summed E-state index contributed by atoms with van der Waals surface area (Å²) < 4.78 is 0. The summed E-state index contributed by atoms with van der Waals surface area (Å²) in [5, 5.41) is 17.3. The predicted molar refractivity (Wildman–Crippen MR) is 63.1 cm³/mol. The van der Waals surface area contributed by atoms with Crippen molar-refractivity contribution in [2.45, 2.75) is 18.4 Å². The first-order valence-electron chi connectivity index (χ1n) is 4.83. The van der Waals surface area contributed by atoms with E-state index in [1.165, 1.54) is 25.1 Å². The third-order valence-electron chi connectivity index (χ3n) is 2.30. The van der Waals surface area contributed by atoms with Crippen molar-refractivity contribution in [1.82, 2.24) is 0 Å². The summed E-state index contributed by atoms with van der Waals surface area (Å²) in [6, 6.07) is 4.24. The van der Waals surface area contributed by atoms with Gasteiger partial charge in [-0.25, -0.2) is 4.79 Å². The summed E-state index contributed by atoms with van der Waals surface area (Å²) in [4.78, 5) is 22.3. The van der Waals surface area contributed by atoms with E-state index in [2.05, 4.69) is 0 Å². The molecule has 2 unspecified atom stereocenters. The lowest BCUT2D eigenvalue weighted by molar-refractivity contribution is -0.146. The second kappa shape index (κ2) is 5.16. The van der Waals surface area contributed by atoms with E-state index in [4.69, 9.17) is 22.4 Å². The topological polar surface area (TPSA) is 101 Å². The molecule has 0 aliphatic heterocycles. The zero-order valence-electron chi connectivity index (χ0n) is 9.05. The van der Waals surface area contributed by atoms with Gasteiger partial charge in [-0.2, -0.15) is 0 Å². The summed E-state index contributed by atoms with van der Waals surface area (Å²) in [6.07, 6.45) is -1.76. The minimum absolute atomic E-state index is 0.0133. The summed E-state index contributed by atoms with van der Waals surface area (Å²) in [7, 11) is 0. The Morgan fingerprint density at radius 3 is 2.47 bits per heavy atom. The number of hydrogen-bond donors (Lipinski definition) is 3. The van der Waals surface area contributed by atoms with Gasteiger partial charge in [0.05, 0.1) is 5.38 Å². The fourth-order valence-corrected chi connectivity index (χ4v) is 1.50. The van der Waals surface area contributed by atoms with E-state index in [1.807, 2.05) is 0 Å². The summed E-state index contributed by atoms with van der Waals surface area (Å²) in [5.41, 5.74) is 5.71. The number of nitrogens with two attached hydrogens (primary N) is 1. The number of ketones is 1. The maximum Gasteiger partial charge on any atom is 0.337 e. The molecule has 0 spiro atoms. The maximum atomic E-state index is 11.7. The van der Waals surface area contributed by atoms with Crippen LogP contribution in [-0.2, 0) is 4.79 Å². The third-order valence-corrected chi connectivity index (χ3v) is 2.49. The number of anilines is 1. The monoisotopic (exact) mass is 257 g/mol. The SMILES string of the molecule is CC(Cl)C(=O)c1cccc(C(O)C(=O)O)c1N. The Labute approximate surface area is 103 Å². The molecule has 17 heavy (non-hydrogen) atoms. The van der Waals surface area contributed by atoms with E-state index in [0.29, 0.717) is 0 Å². The van der Waals surface area contributed by atoms with Gasteiger partial charge in [0.25, 0.3) is 0 Å². The van der Waals surface area contributed by atoms with Crippen LogP contribution in [-0.4, -0.2) is 27.3 Å². The van der Waals surface area contributed by atoms with Gasteiger partial charge in [-0.1, -0.05) is 12.1 Å². The molecular formula is C11H12ClNO4. The molecule has 0 aliphatic carbocycles. The number of hydrogen-bond acceptors (Lipinski definition) is 4. The lowest BCUT2D eigenvalue weighted by Gasteiger charge is -2.13. The lowest BCUT2D eigenvalue weighted by atomic mass is 9.99. The Morgan fingerprint density at radius 2 is 2.00 bits per heavy atom. The standard InChI is InChI=1S/C11H12ClNO4/c1-5(12)9(14)6-3-2-4-7(8(6)13)10(15)11(16)17/h2-5,10,15H,13H2,1H3,(H,16,17). The van der Waals surface area contributed by atoms with Crippen LogP contribution in [0.25, 0.3) is 0 Å². The minimum atomic E-state index is -1.76. The largest absolute Gasteiger partial charge is 0.479 e. The number of halogens is 1. The fourth-order valence-electron chi connectivity index (χ4n) is 1.38. The zero-order valence-corrected chi connectivity index (χ0v) is 9.81. The van der Waals surface area contributed by atoms with Crippen LogP contribution < -0.4 is 5.73 Å². The van der Waals surface area contributed by atoms with Crippen molar-refractivity contribution in [3.63, 3.8) is 0 Å². The minimum Gasteiger partial charge on any atom is -0.479 e. The molecule has 1 rings (SSSR count). The average molecular weight is 258 g/mol. The van der Waals surface area contributed by atoms with Gasteiger partial charge in [0.2, 0.25) is 0 Å². The van der Waals surface area contributed by atoms with Crippen molar-refractivity contribution in [2.75, 3.05) is 5.73 Å². The first kappa shape index (κ1) is 13.5. The van der Waals surface area contributed by atoms with E-state index in [9.17, 15) is 14.7 Å². The number of carboxylic acid groups (broad SMARTS) is 1. The molecule has 0 aliphatic rings. The molecule has 92 valence electrons. The molecule has 0 radical (unpaired) electrons. The molecule has 0 fully saturated rings. The first-order chi connectivity index (χ1) is 7.86. The van der Waals surface area contributed by atoms with Gasteiger partial charge < -0.3 is 15.9 Å². The van der Waals surface area contributed by atoms with E-state index >= 15 is 0 Å². The number of alkyl halides is 1. The maximum absolute atomic E-state index is 11.7. The second-order valence-electron chi connectivity index (χ2n) is 3.53. The Morgan fingerprint density at radius 1 is 1.41 bits per heavy atom. The predicted octanol–water partition coefficient (Wildman–Crippen LogP) is 1.20. The number of aliphatic carboxylic acids is 1. The molecule has 5 nitrogen and oxygen atoms in total. The number of carbonyl (C=O) groups is 2. The molecule has 0 heterocycles. The highest BCUT2D eigenvalue weighted by Gasteiger charge is 2.23. The van der Waals surface area contributed by atoms with E-state index in [1.54, 1.807) is 0 Å². The Balaban J connectivity index is 3.25.